The molecule has 0 saturated heterocycles. The first-order valence-corrected chi connectivity index (χ1v) is 6.43. The molecule has 0 aliphatic rings. The van der Waals surface area contributed by atoms with E-state index in [4.69, 9.17) is 0 Å². The Kier molecular flexibility index (Phi) is 4.44. The van der Waals surface area contributed by atoms with Crippen molar-refractivity contribution < 1.29 is 13.2 Å². The maximum Gasteiger partial charge on any atom is 0.194 e. The maximum absolute atomic E-state index is 13.2. The number of nitrogens with one attached hydrogen (secondary N) is 1. The predicted molar refractivity (Wildman–Crippen MR) is 70.2 cm³/mol. The van der Waals surface area contributed by atoms with E-state index in [1.165, 1.54) is 4.68 Å². The minimum absolute atomic E-state index is 0.167. The van der Waals surface area contributed by atoms with Gasteiger partial charge in [-0.15, -0.1) is 0 Å². The summed E-state index contributed by atoms with van der Waals surface area (Å²) in [7, 11) is 0. The Hall–Kier alpha value is -1.82. The van der Waals surface area contributed by atoms with Crippen molar-refractivity contribution in [3.63, 3.8) is 0 Å². The monoisotopic (exact) mass is 283 g/mol. The molecule has 1 heterocycles. The molecule has 0 saturated carbocycles. The van der Waals surface area contributed by atoms with Gasteiger partial charge >= 0.3 is 0 Å². The minimum atomic E-state index is -1.47. The van der Waals surface area contributed by atoms with E-state index in [2.05, 4.69) is 17.3 Å². The standard InChI is InChI=1S/C14H16F3N3/c1-3-4-18-7-10-8-19-20(9(10)2)11-5-12(15)14(17)13(16)6-11/h5-6,8,18H,3-4,7H2,1-2H3. The van der Waals surface area contributed by atoms with Gasteiger partial charge in [-0.1, -0.05) is 6.92 Å². The van der Waals surface area contributed by atoms with Gasteiger partial charge in [0, 0.05) is 29.9 Å². The largest absolute Gasteiger partial charge is 0.313 e. The molecule has 0 aliphatic carbocycles. The Morgan fingerprint density at radius 2 is 1.85 bits per heavy atom. The van der Waals surface area contributed by atoms with Gasteiger partial charge in [0.25, 0.3) is 0 Å². The molecule has 2 aromatic rings. The number of halogens is 3. The van der Waals surface area contributed by atoms with Crippen LogP contribution in [-0.2, 0) is 6.54 Å². The zero-order chi connectivity index (χ0) is 14.7. The molecular weight excluding hydrogens is 267 g/mol. The zero-order valence-electron chi connectivity index (χ0n) is 11.4. The molecule has 20 heavy (non-hydrogen) atoms. The number of hydrogen-bond donors (Lipinski definition) is 1. The molecule has 0 aliphatic heterocycles. The highest BCUT2D eigenvalue weighted by Gasteiger charge is 2.14. The van der Waals surface area contributed by atoms with Gasteiger partial charge in [0.15, 0.2) is 17.5 Å². The molecule has 0 amide bonds. The number of rotatable bonds is 5. The fourth-order valence-electron chi connectivity index (χ4n) is 1.94. The average molecular weight is 283 g/mol. The van der Waals surface area contributed by atoms with Gasteiger partial charge in [0.05, 0.1) is 11.9 Å². The third-order valence-electron chi connectivity index (χ3n) is 3.07. The van der Waals surface area contributed by atoms with Crippen LogP contribution >= 0.6 is 0 Å². The third-order valence-corrected chi connectivity index (χ3v) is 3.07. The number of hydrogen-bond acceptors (Lipinski definition) is 2. The quantitative estimate of drug-likeness (QED) is 0.675. The van der Waals surface area contributed by atoms with Crippen LogP contribution in [0.5, 0.6) is 0 Å². The molecule has 108 valence electrons. The molecule has 3 nitrogen and oxygen atoms in total. The van der Waals surface area contributed by atoms with Gasteiger partial charge in [-0.2, -0.15) is 5.10 Å². The summed E-state index contributed by atoms with van der Waals surface area (Å²) in [5.41, 5.74) is 1.86. The van der Waals surface area contributed by atoms with E-state index in [1.807, 2.05) is 0 Å². The van der Waals surface area contributed by atoms with Gasteiger partial charge in [-0.05, 0) is 19.9 Å². The predicted octanol–water partition coefficient (Wildman–Crippen LogP) is 3.10. The summed E-state index contributed by atoms with van der Waals surface area (Å²) in [4.78, 5) is 0. The molecule has 1 aromatic carbocycles. The Morgan fingerprint density at radius 1 is 1.20 bits per heavy atom. The van der Waals surface area contributed by atoms with Crippen LogP contribution in [0.3, 0.4) is 0 Å². The van der Waals surface area contributed by atoms with Gasteiger partial charge in [0.2, 0.25) is 0 Å². The van der Waals surface area contributed by atoms with Crippen molar-refractivity contribution in [1.29, 1.82) is 0 Å². The molecule has 0 spiro atoms. The second-order valence-corrected chi connectivity index (χ2v) is 4.57. The second kappa shape index (κ2) is 6.09. The first-order valence-electron chi connectivity index (χ1n) is 6.43. The van der Waals surface area contributed by atoms with E-state index >= 15 is 0 Å². The first-order chi connectivity index (χ1) is 9.54. The Balaban J connectivity index is 2.30. The van der Waals surface area contributed by atoms with Crippen molar-refractivity contribution in [3.05, 3.63) is 47.0 Å². The summed E-state index contributed by atoms with van der Waals surface area (Å²) in [5.74, 6) is -3.91. The van der Waals surface area contributed by atoms with Crippen LogP contribution in [0.1, 0.15) is 24.6 Å². The van der Waals surface area contributed by atoms with Crippen molar-refractivity contribution in [3.8, 4) is 5.69 Å². The van der Waals surface area contributed by atoms with Gasteiger partial charge < -0.3 is 5.32 Å². The van der Waals surface area contributed by atoms with Crippen LogP contribution in [0.15, 0.2) is 18.3 Å². The molecule has 1 aromatic heterocycles. The van der Waals surface area contributed by atoms with E-state index in [9.17, 15) is 13.2 Å². The lowest BCUT2D eigenvalue weighted by Gasteiger charge is -2.07. The lowest BCUT2D eigenvalue weighted by Crippen LogP contribution is -2.14. The van der Waals surface area contributed by atoms with Crippen molar-refractivity contribution in [2.45, 2.75) is 26.8 Å². The molecule has 0 unspecified atom stereocenters. The third kappa shape index (κ3) is 2.85. The summed E-state index contributed by atoms with van der Waals surface area (Å²) in [6, 6.07) is 1.86. The van der Waals surface area contributed by atoms with Crippen molar-refractivity contribution in [1.82, 2.24) is 15.1 Å². The lowest BCUT2D eigenvalue weighted by atomic mass is 10.2. The topological polar surface area (TPSA) is 29.9 Å². The fourth-order valence-corrected chi connectivity index (χ4v) is 1.94. The van der Waals surface area contributed by atoms with Crippen molar-refractivity contribution in [2.75, 3.05) is 6.54 Å². The van der Waals surface area contributed by atoms with Gasteiger partial charge in [0.1, 0.15) is 0 Å². The van der Waals surface area contributed by atoms with E-state index in [0.29, 0.717) is 6.54 Å². The van der Waals surface area contributed by atoms with Crippen molar-refractivity contribution in [2.24, 2.45) is 0 Å². The van der Waals surface area contributed by atoms with Crippen molar-refractivity contribution >= 4 is 0 Å². The van der Waals surface area contributed by atoms with Gasteiger partial charge in [-0.25, -0.2) is 17.9 Å². The van der Waals surface area contributed by atoms with Crippen LogP contribution < -0.4 is 5.32 Å². The number of aromatic nitrogens is 2. The molecule has 0 atom stereocenters. The zero-order valence-corrected chi connectivity index (χ0v) is 11.4. The molecule has 0 bridgehead atoms. The van der Waals surface area contributed by atoms with E-state index in [0.717, 1.165) is 36.4 Å². The molecule has 0 fully saturated rings. The van der Waals surface area contributed by atoms with Gasteiger partial charge in [-0.3, -0.25) is 0 Å². The van der Waals surface area contributed by atoms with E-state index in [-0.39, 0.29) is 5.69 Å². The molecule has 0 radical (unpaired) electrons. The first kappa shape index (κ1) is 14.6. The van der Waals surface area contributed by atoms with Crippen LogP contribution in [0.2, 0.25) is 0 Å². The normalized spacial score (nSPS) is 11.1. The highest BCUT2D eigenvalue weighted by molar-refractivity contribution is 5.36. The smallest absolute Gasteiger partial charge is 0.194 e. The highest BCUT2D eigenvalue weighted by Crippen LogP contribution is 2.19. The summed E-state index contributed by atoms with van der Waals surface area (Å²) >= 11 is 0. The summed E-state index contributed by atoms with van der Waals surface area (Å²) in [6.07, 6.45) is 2.65. The Bertz CT molecular complexity index is 585. The van der Waals surface area contributed by atoms with Crippen LogP contribution in [0.25, 0.3) is 5.69 Å². The summed E-state index contributed by atoms with van der Waals surface area (Å²) < 4.78 is 40.8. The van der Waals surface area contributed by atoms with Crippen LogP contribution in [0, 0.1) is 24.4 Å². The lowest BCUT2D eigenvalue weighted by molar-refractivity contribution is 0.446. The summed E-state index contributed by atoms with van der Waals surface area (Å²) in [5, 5.41) is 7.32. The SMILES string of the molecule is CCCNCc1cnn(-c2cc(F)c(F)c(F)c2)c1C. The van der Waals surface area contributed by atoms with Crippen LogP contribution in [-0.4, -0.2) is 16.3 Å². The fraction of sp³-hybridized carbons (Fsp3) is 0.357. The minimum Gasteiger partial charge on any atom is -0.313 e. The molecule has 1 N–H and O–H groups in total. The Morgan fingerprint density at radius 3 is 2.45 bits per heavy atom. The number of nitrogens with zero attached hydrogens (tertiary/aromatic N) is 2. The number of benzene rings is 1. The highest BCUT2D eigenvalue weighted by atomic mass is 19.2. The Labute approximate surface area is 115 Å². The second-order valence-electron chi connectivity index (χ2n) is 4.57. The summed E-state index contributed by atoms with van der Waals surface area (Å²) in [6.45, 7) is 5.37. The van der Waals surface area contributed by atoms with E-state index in [1.54, 1.807) is 13.1 Å². The maximum atomic E-state index is 13.2. The molecule has 6 heteroatoms. The average Bonchev–Trinajstić information content (AvgIpc) is 2.77. The van der Waals surface area contributed by atoms with E-state index < -0.39 is 17.5 Å². The van der Waals surface area contributed by atoms with Crippen LogP contribution in [0.4, 0.5) is 13.2 Å². The molecular formula is C14H16F3N3. The molecule has 2 rings (SSSR count).